The molecule has 112 valence electrons. The molecule has 7 nitrogen and oxygen atoms in total. The van der Waals surface area contributed by atoms with Crippen LogP contribution in [0.25, 0.3) is 0 Å². The van der Waals surface area contributed by atoms with E-state index in [-0.39, 0.29) is 6.04 Å². The molecule has 0 spiro atoms. The normalized spacial score (nSPS) is 26.1. The van der Waals surface area contributed by atoms with Crippen LogP contribution in [0.5, 0.6) is 0 Å². The van der Waals surface area contributed by atoms with Gasteiger partial charge < -0.3 is 4.74 Å². The number of rotatable bonds is 4. The van der Waals surface area contributed by atoms with Gasteiger partial charge in [0.25, 0.3) is 10.2 Å². The summed E-state index contributed by atoms with van der Waals surface area (Å²) in [6, 6.07) is 1.86. The van der Waals surface area contributed by atoms with Crippen LogP contribution in [0.4, 0.5) is 0 Å². The maximum atomic E-state index is 12.7. The maximum absolute atomic E-state index is 12.7. The number of ether oxygens (including phenoxy) is 1. The van der Waals surface area contributed by atoms with E-state index in [1.807, 2.05) is 12.3 Å². The molecule has 2 aliphatic rings. The van der Waals surface area contributed by atoms with Crippen LogP contribution in [0.15, 0.2) is 18.5 Å². The zero-order valence-corrected chi connectivity index (χ0v) is 12.2. The van der Waals surface area contributed by atoms with Crippen molar-refractivity contribution < 1.29 is 13.2 Å². The summed E-state index contributed by atoms with van der Waals surface area (Å²) < 4.78 is 35.6. The van der Waals surface area contributed by atoms with Crippen LogP contribution in [0.1, 0.15) is 12.8 Å². The topological polar surface area (TPSA) is 67.7 Å². The van der Waals surface area contributed by atoms with Gasteiger partial charge in [0, 0.05) is 38.1 Å². The fraction of sp³-hybridized carbons (Fsp3) is 0.750. The lowest BCUT2D eigenvalue weighted by molar-refractivity contribution is 0.0697. The van der Waals surface area contributed by atoms with E-state index in [4.69, 9.17) is 4.74 Å². The molecule has 3 heterocycles. The first-order chi connectivity index (χ1) is 9.68. The SMILES string of the molecule is O=S(=O)(N1CCOCC1)N1CCC[C@@H]1Cn1cccn1. The number of aromatic nitrogens is 2. The summed E-state index contributed by atoms with van der Waals surface area (Å²) in [5.41, 5.74) is 0. The Morgan fingerprint density at radius 2 is 2.05 bits per heavy atom. The lowest BCUT2D eigenvalue weighted by atomic mass is 10.2. The lowest BCUT2D eigenvalue weighted by Crippen LogP contribution is -2.50. The van der Waals surface area contributed by atoms with Gasteiger partial charge in [-0.25, -0.2) is 0 Å². The molecule has 0 saturated carbocycles. The van der Waals surface area contributed by atoms with Gasteiger partial charge in [-0.3, -0.25) is 4.68 Å². The molecule has 0 radical (unpaired) electrons. The van der Waals surface area contributed by atoms with Gasteiger partial charge in [-0.15, -0.1) is 0 Å². The first kappa shape index (κ1) is 14.0. The van der Waals surface area contributed by atoms with Crippen LogP contribution in [0.3, 0.4) is 0 Å². The Hall–Kier alpha value is -0.960. The highest BCUT2D eigenvalue weighted by molar-refractivity contribution is 7.86. The van der Waals surface area contributed by atoms with E-state index in [9.17, 15) is 8.42 Å². The first-order valence-corrected chi connectivity index (χ1v) is 8.40. The highest BCUT2D eigenvalue weighted by Gasteiger charge is 2.38. The molecule has 1 aromatic heterocycles. The number of hydrogen-bond donors (Lipinski definition) is 0. The molecule has 20 heavy (non-hydrogen) atoms. The van der Waals surface area contributed by atoms with Crippen molar-refractivity contribution in [1.82, 2.24) is 18.4 Å². The maximum Gasteiger partial charge on any atom is 0.282 e. The van der Waals surface area contributed by atoms with Gasteiger partial charge in [0.2, 0.25) is 0 Å². The molecule has 0 N–H and O–H groups in total. The molecule has 0 unspecified atom stereocenters. The van der Waals surface area contributed by atoms with E-state index in [0.29, 0.717) is 39.4 Å². The number of hydrogen-bond acceptors (Lipinski definition) is 4. The summed E-state index contributed by atoms with van der Waals surface area (Å²) in [6.07, 6.45) is 5.40. The Labute approximate surface area is 119 Å². The third-order valence-corrected chi connectivity index (χ3v) is 5.96. The average Bonchev–Trinajstić information content (AvgIpc) is 3.12. The molecular weight excluding hydrogens is 280 g/mol. The quantitative estimate of drug-likeness (QED) is 0.780. The van der Waals surface area contributed by atoms with Crippen molar-refractivity contribution in [3.05, 3.63) is 18.5 Å². The minimum Gasteiger partial charge on any atom is -0.379 e. The Kier molecular flexibility index (Phi) is 4.06. The van der Waals surface area contributed by atoms with Gasteiger partial charge in [-0.05, 0) is 18.9 Å². The van der Waals surface area contributed by atoms with Gasteiger partial charge in [0.05, 0.1) is 19.8 Å². The minimum atomic E-state index is -3.37. The molecule has 0 aliphatic carbocycles. The van der Waals surface area contributed by atoms with Crippen molar-refractivity contribution in [2.45, 2.75) is 25.4 Å². The lowest BCUT2D eigenvalue weighted by Gasteiger charge is -2.32. The Morgan fingerprint density at radius 1 is 1.25 bits per heavy atom. The van der Waals surface area contributed by atoms with Crippen LogP contribution in [-0.2, 0) is 21.5 Å². The van der Waals surface area contributed by atoms with Gasteiger partial charge in [0.1, 0.15) is 0 Å². The van der Waals surface area contributed by atoms with Crippen LogP contribution in [0.2, 0.25) is 0 Å². The summed E-state index contributed by atoms with van der Waals surface area (Å²) >= 11 is 0. The molecule has 2 aliphatic heterocycles. The van der Waals surface area contributed by atoms with Gasteiger partial charge in [0.15, 0.2) is 0 Å². The van der Waals surface area contributed by atoms with Crippen molar-refractivity contribution in [2.75, 3.05) is 32.8 Å². The van der Waals surface area contributed by atoms with E-state index in [1.165, 1.54) is 4.31 Å². The average molecular weight is 300 g/mol. The Balaban J connectivity index is 1.73. The predicted molar refractivity (Wildman–Crippen MR) is 73.3 cm³/mol. The summed E-state index contributed by atoms with van der Waals surface area (Å²) in [4.78, 5) is 0. The van der Waals surface area contributed by atoms with Gasteiger partial charge >= 0.3 is 0 Å². The molecule has 1 atom stereocenters. The molecule has 2 saturated heterocycles. The molecule has 0 aromatic carbocycles. The molecule has 2 fully saturated rings. The Morgan fingerprint density at radius 3 is 2.75 bits per heavy atom. The van der Waals surface area contributed by atoms with E-state index in [2.05, 4.69) is 5.10 Å². The van der Waals surface area contributed by atoms with Crippen molar-refractivity contribution >= 4 is 10.2 Å². The van der Waals surface area contributed by atoms with Crippen LogP contribution in [-0.4, -0.2) is 65.7 Å². The van der Waals surface area contributed by atoms with E-state index in [1.54, 1.807) is 15.2 Å². The summed E-state index contributed by atoms with van der Waals surface area (Å²) in [5, 5.41) is 4.17. The highest BCUT2D eigenvalue weighted by Crippen LogP contribution is 2.24. The predicted octanol–water partition coefficient (Wildman–Crippen LogP) is -0.0755. The second-order valence-electron chi connectivity index (χ2n) is 5.15. The van der Waals surface area contributed by atoms with E-state index < -0.39 is 10.2 Å². The van der Waals surface area contributed by atoms with Crippen molar-refractivity contribution in [2.24, 2.45) is 0 Å². The largest absolute Gasteiger partial charge is 0.379 e. The number of nitrogens with zero attached hydrogens (tertiary/aromatic N) is 4. The van der Waals surface area contributed by atoms with Crippen LogP contribution in [0, 0.1) is 0 Å². The molecule has 3 rings (SSSR count). The van der Waals surface area contributed by atoms with E-state index >= 15 is 0 Å². The molecule has 8 heteroatoms. The fourth-order valence-electron chi connectivity index (χ4n) is 2.85. The van der Waals surface area contributed by atoms with Gasteiger partial charge in [-0.1, -0.05) is 0 Å². The zero-order chi connectivity index (χ0) is 14.0. The second kappa shape index (κ2) is 5.80. The second-order valence-corrected chi connectivity index (χ2v) is 7.04. The summed E-state index contributed by atoms with van der Waals surface area (Å²) in [6.45, 7) is 3.09. The zero-order valence-electron chi connectivity index (χ0n) is 11.4. The Bertz CT molecular complexity index is 525. The smallest absolute Gasteiger partial charge is 0.282 e. The summed E-state index contributed by atoms with van der Waals surface area (Å²) in [7, 11) is -3.37. The number of morpholine rings is 1. The molecule has 0 bridgehead atoms. The fourth-order valence-corrected chi connectivity index (χ4v) is 4.66. The highest BCUT2D eigenvalue weighted by atomic mass is 32.2. The van der Waals surface area contributed by atoms with Gasteiger partial charge in [-0.2, -0.15) is 22.1 Å². The van der Waals surface area contributed by atoms with Crippen molar-refractivity contribution in [3.63, 3.8) is 0 Å². The van der Waals surface area contributed by atoms with Crippen molar-refractivity contribution in [3.8, 4) is 0 Å². The monoisotopic (exact) mass is 300 g/mol. The van der Waals surface area contributed by atoms with Crippen molar-refractivity contribution in [1.29, 1.82) is 0 Å². The minimum absolute atomic E-state index is 0.00254. The van der Waals surface area contributed by atoms with Crippen LogP contribution >= 0.6 is 0 Å². The third-order valence-electron chi connectivity index (χ3n) is 3.87. The third kappa shape index (κ3) is 2.73. The summed E-state index contributed by atoms with van der Waals surface area (Å²) in [5.74, 6) is 0. The molecule has 0 amide bonds. The van der Waals surface area contributed by atoms with E-state index in [0.717, 1.165) is 12.8 Å². The molecular formula is C12H20N4O3S. The first-order valence-electron chi connectivity index (χ1n) is 7.00. The standard InChI is InChI=1S/C12H20N4O3S/c17-20(18,15-7-9-19-10-8-15)16-6-1-3-12(16)11-14-5-2-4-13-14/h2,4-5,12H,1,3,6-11H2/t12-/m1/s1. The van der Waals surface area contributed by atoms with Crippen LogP contribution < -0.4 is 0 Å². The molecule has 1 aromatic rings.